The van der Waals surface area contributed by atoms with Crippen molar-refractivity contribution in [2.24, 2.45) is 0 Å². The van der Waals surface area contributed by atoms with Crippen molar-refractivity contribution in [3.63, 3.8) is 0 Å². The van der Waals surface area contributed by atoms with Gasteiger partial charge < -0.3 is 20.4 Å². The van der Waals surface area contributed by atoms with Crippen molar-refractivity contribution in [3.8, 4) is 5.75 Å². The zero-order valence-electron chi connectivity index (χ0n) is 16.2. The van der Waals surface area contributed by atoms with Crippen LogP contribution in [0, 0.1) is 0 Å². The fourth-order valence-electron chi connectivity index (χ4n) is 3.55. The first-order valence-corrected chi connectivity index (χ1v) is 9.54. The lowest BCUT2D eigenvalue weighted by atomic mass is 9.91. The van der Waals surface area contributed by atoms with Gasteiger partial charge in [0.1, 0.15) is 5.75 Å². The summed E-state index contributed by atoms with van der Waals surface area (Å²) in [5.74, 6) is 0.729. The van der Waals surface area contributed by atoms with Crippen LogP contribution >= 0.6 is 0 Å². The van der Waals surface area contributed by atoms with Gasteiger partial charge in [-0.15, -0.1) is 0 Å². The molecule has 0 radical (unpaired) electrons. The highest BCUT2D eigenvalue weighted by Crippen LogP contribution is 2.30. The molecule has 0 saturated carbocycles. The van der Waals surface area contributed by atoms with Gasteiger partial charge in [-0.1, -0.05) is 54.6 Å². The average molecular weight is 385 g/mol. The van der Waals surface area contributed by atoms with Crippen LogP contribution in [0.15, 0.2) is 85.1 Å². The molecule has 0 aliphatic carbocycles. The van der Waals surface area contributed by atoms with E-state index >= 15 is 0 Å². The van der Waals surface area contributed by atoms with Gasteiger partial charge >= 0.3 is 6.03 Å². The lowest BCUT2D eigenvalue weighted by molar-refractivity contribution is 0.252. The molecular weight excluding hydrogens is 362 g/mol. The van der Waals surface area contributed by atoms with E-state index in [0.29, 0.717) is 18.0 Å². The van der Waals surface area contributed by atoms with Crippen molar-refractivity contribution >= 4 is 22.6 Å². The van der Waals surface area contributed by atoms with Crippen LogP contribution in [0.4, 0.5) is 10.5 Å². The van der Waals surface area contributed by atoms with Crippen molar-refractivity contribution in [2.45, 2.75) is 5.92 Å². The summed E-state index contributed by atoms with van der Waals surface area (Å²) in [5, 5.41) is 7.05. The van der Waals surface area contributed by atoms with Gasteiger partial charge in [0.05, 0.1) is 7.11 Å². The monoisotopic (exact) mass is 385 g/mol. The highest BCUT2D eigenvalue weighted by atomic mass is 16.5. The Hall–Kier alpha value is -3.73. The molecule has 4 rings (SSSR count). The van der Waals surface area contributed by atoms with Crippen LogP contribution in [0.1, 0.15) is 17.0 Å². The molecule has 0 fully saturated rings. The number of aromatic amines is 1. The van der Waals surface area contributed by atoms with Gasteiger partial charge in [0, 0.05) is 41.3 Å². The molecule has 0 aliphatic heterocycles. The minimum atomic E-state index is -0.251. The normalized spacial score (nSPS) is 11.8. The second-order valence-electron chi connectivity index (χ2n) is 6.82. The molecule has 0 saturated heterocycles. The molecule has 0 bridgehead atoms. The van der Waals surface area contributed by atoms with Gasteiger partial charge in [-0.3, -0.25) is 0 Å². The first kappa shape index (κ1) is 18.6. The molecule has 1 atom stereocenters. The maximum absolute atomic E-state index is 12.5. The minimum Gasteiger partial charge on any atom is -0.497 e. The smallest absolute Gasteiger partial charge is 0.319 e. The van der Waals surface area contributed by atoms with E-state index in [1.165, 1.54) is 0 Å². The van der Waals surface area contributed by atoms with Crippen LogP contribution < -0.4 is 15.4 Å². The quantitative estimate of drug-likeness (QED) is 0.431. The maximum atomic E-state index is 12.5. The molecule has 2 amide bonds. The van der Waals surface area contributed by atoms with E-state index in [9.17, 15) is 4.79 Å². The summed E-state index contributed by atoms with van der Waals surface area (Å²) in [4.78, 5) is 15.8. The number of benzene rings is 3. The Morgan fingerprint density at radius 3 is 2.62 bits per heavy atom. The van der Waals surface area contributed by atoms with Crippen molar-refractivity contribution < 1.29 is 9.53 Å². The van der Waals surface area contributed by atoms with E-state index in [4.69, 9.17) is 4.74 Å². The van der Waals surface area contributed by atoms with E-state index in [1.807, 2.05) is 54.7 Å². The third kappa shape index (κ3) is 4.24. The Bertz CT molecular complexity index is 1110. The van der Waals surface area contributed by atoms with Crippen LogP contribution in [0.25, 0.3) is 10.9 Å². The zero-order valence-corrected chi connectivity index (χ0v) is 16.2. The number of urea groups is 1. The number of carbonyl (C=O) groups is 1. The Balaban J connectivity index is 1.54. The molecule has 0 spiro atoms. The molecule has 3 aromatic carbocycles. The average Bonchev–Trinajstić information content (AvgIpc) is 3.19. The predicted octanol–water partition coefficient (Wildman–Crippen LogP) is 5.13. The zero-order chi connectivity index (χ0) is 20.1. The molecule has 3 N–H and O–H groups in total. The van der Waals surface area contributed by atoms with Crippen LogP contribution in [-0.2, 0) is 0 Å². The summed E-state index contributed by atoms with van der Waals surface area (Å²) in [7, 11) is 1.60. The van der Waals surface area contributed by atoms with Crippen molar-refractivity contribution in [1.29, 1.82) is 0 Å². The fourth-order valence-corrected chi connectivity index (χ4v) is 3.55. The molecule has 1 aromatic heterocycles. The second kappa shape index (κ2) is 8.52. The number of rotatable bonds is 6. The molecule has 0 aliphatic rings. The third-order valence-electron chi connectivity index (χ3n) is 4.99. The first-order valence-electron chi connectivity index (χ1n) is 9.54. The summed E-state index contributed by atoms with van der Waals surface area (Å²) in [5.41, 5.74) is 4.09. The van der Waals surface area contributed by atoms with E-state index in [1.54, 1.807) is 13.2 Å². The highest BCUT2D eigenvalue weighted by molar-refractivity contribution is 5.89. The number of carbonyl (C=O) groups excluding carboxylic acids is 1. The van der Waals surface area contributed by atoms with Crippen molar-refractivity contribution in [2.75, 3.05) is 19.0 Å². The summed E-state index contributed by atoms with van der Waals surface area (Å²) >= 11 is 0. The van der Waals surface area contributed by atoms with E-state index in [-0.39, 0.29) is 11.9 Å². The van der Waals surface area contributed by atoms with Gasteiger partial charge in [0.2, 0.25) is 0 Å². The second-order valence-corrected chi connectivity index (χ2v) is 6.82. The Labute approximate surface area is 169 Å². The van der Waals surface area contributed by atoms with E-state index in [2.05, 4.69) is 39.9 Å². The number of hydrogen-bond donors (Lipinski definition) is 3. The number of hydrogen-bond acceptors (Lipinski definition) is 2. The maximum Gasteiger partial charge on any atom is 0.319 e. The van der Waals surface area contributed by atoms with Crippen LogP contribution in [0.3, 0.4) is 0 Å². The molecule has 0 unspecified atom stereocenters. The number of ether oxygens (including phenoxy) is 1. The highest BCUT2D eigenvalue weighted by Gasteiger charge is 2.19. The summed E-state index contributed by atoms with van der Waals surface area (Å²) in [6.07, 6.45) is 2.03. The molecule has 5 nitrogen and oxygen atoms in total. The number of anilines is 1. The number of methoxy groups -OCH3 is 1. The summed E-state index contributed by atoms with van der Waals surface area (Å²) in [6, 6.07) is 25.5. The first-order chi connectivity index (χ1) is 14.2. The van der Waals surface area contributed by atoms with Crippen molar-refractivity contribution in [3.05, 3.63) is 96.2 Å². The fraction of sp³-hybridized carbons (Fsp3) is 0.125. The Kier molecular flexibility index (Phi) is 5.47. The Morgan fingerprint density at radius 2 is 1.79 bits per heavy atom. The topological polar surface area (TPSA) is 66.2 Å². The number of fused-ring (bicyclic) bond motifs is 1. The van der Waals surface area contributed by atoms with Gasteiger partial charge in [-0.2, -0.15) is 0 Å². The lowest BCUT2D eigenvalue weighted by Gasteiger charge is -2.18. The number of aromatic nitrogens is 1. The molecule has 146 valence electrons. The molecule has 29 heavy (non-hydrogen) atoms. The lowest BCUT2D eigenvalue weighted by Crippen LogP contribution is -2.32. The predicted molar refractivity (Wildman–Crippen MR) is 117 cm³/mol. The summed E-state index contributed by atoms with van der Waals surface area (Å²) in [6.45, 7) is 0.474. The Morgan fingerprint density at radius 1 is 1.00 bits per heavy atom. The number of nitrogens with one attached hydrogen (secondary N) is 3. The molecule has 1 heterocycles. The van der Waals surface area contributed by atoms with Crippen molar-refractivity contribution in [1.82, 2.24) is 10.3 Å². The van der Waals surface area contributed by atoms with Gasteiger partial charge in [0.15, 0.2) is 0 Å². The minimum absolute atomic E-state index is 0.0309. The largest absolute Gasteiger partial charge is 0.497 e. The molecular formula is C24H23N3O2. The van der Waals surface area contributed by atoms with Gasteiger partial charge in [0.25, 0.3) is 0 Å². The van der Waals surface area contributed by atoms with E-state index < -0.39 is 0 Å². The summed E-state index contributed by atoms with van der Waals surface area (Å²) < 4.78 is 5.21. The number of amides is 2. The molecule has 5 heteroatoms. The van der Waals surface area contributed by atoms with Gasteiger partial charge in [-0.05, 0) is 29.3 Å². The number of H-pyrrole nitrogens is 1. The standard InChI is InChI=1S/C24H23N3O2/c1-29-19-11-7-10-18(14-19)27-24(28)26-15-21(17-8-3-2-4-9-17)22-16-25-23-13-6-5-12-20(22)23/h2-14,16,21,25H,15H2,1H3,(H2,26,27,28)/t21-/m0/s1. The van der Waals surface area contributed by atoms with Crippen LogP contribution in [0.2, 0.25) is 0 Å². The SMILES string of the molecule is COc1cccc(NC(=O)NC[C@@H](c2ccccc2)c2c[nH]c3ccccc23)c1. The van der Waals surface area contributed by atoms with Crippen LogP contribution in [0.5, 0.6) is 5.75 Å². The third-order valence-corrected chi connectivity index (χ3v) is 4.99. The van der Waals surface area contributed by atoms with Crippen LogP contribution in [-0.4, -0.2) is 24.7 Å². The number of para-hydroxylation sites is 1. The van der Waals surface area contributed by atoms with E-state index in [0.717, 1.165) is 22.0 Å². The molecule has 4 aromatic rings. The van der Waals surface area contributed by atoms with Gasteiger partial charge in [-0.25, -0.2) is 4.79 Å².